The van der Waals surface area contributed by atoms with Gasteiger partial charge < -0.3 is 9.90 Å². The van der Waals surface area contributed by atoms with Crippen LogP contribution in [-0.4, -0.2) is 5.97 Å². The van der Waals surface area contributed by atoms with Crippen molar-refractivity contribution >= 4 is 5.97 Å². The Bertz CT molecular complexity index is 273. The molecule has 0 saturated heterocycles. The van der Waals surface area contributed by atoms with E-state index in [1.807, 2.05) is 0 Å². The van der Waals surface area contributed by atoms with E-state index in [4.69, 9.17) is 0 Å². The minimum absolute atomic E-state index is 0.234. The summed E-state index contributed by atoms with van der Waals surface area (Å²) in [6.45, 7) is 6.44. The second-order valence-electron chi connectivity index (χ2n) is 8.03. The molecule has 1 unspecified atom stereocenters. The predicted octanol–water partition coefficient (Wildman–Crippen LogP) is 6.27. The van der Waals surface area contributed by atoms with E-state index in [9.17, 15) is 9.90 Å². The number of hydrogen-bond donors (Lipinski definition) is 0. The molecule has 0 aromatic heterocycles. The summed E-state index contributed by atoms with van der Waals surface area (Å²) in [5.74, 6) is -0.639. The fraction of sp³-hybridized carbons (Fsp3) is 0.955. The summed E-state index contributed by atoms with van der Waals surface area (Å²) >= 11 is 0. The lowest BCUT2D eigenvalue weighted by Crippen LogP contribution is -2.32. The van der Waals surface area contributed by atoms with Crippen molar-refractivity contribution in [1.82, 2.24) is 0 Å². The van der Waals surface area contributed by atoms with Crippen molar-refractivity contribution in [2.24, 2.45) is 11.8 Å². The van der Waals surface area contributed by atoms with Crippen LogP contribution in [0.15, 0.2) is 0 Å². The number of unbranched alkanes of at least 4 members (excludes halogenated alkanes) is 13. The molecule has 2 heteroatoms. The molecule has 0 aliphatic carbocycles. The fourth-order valence-electron chi connectivity index (χ4n) is 3.49. The molecule has 0 saturated carbocycles. The van der Waals surface area contributed by atoms with Crippen LogP contribution in [0.4, 0.5) is 0 Å². The second kappa shape index (κ2) is 17.3. The summed E-state index contributed by atoms with van der Waals surface area (Å²) in [7, 11) is 0. The van der Waals surface area contributed by atoms with Gasteiger partial charge in [-0.3, -0.25) is 0 Å². The number of carboxylic acid groups (broad SMARTS) is 1. The van der Waals surface area contributed by atoms with Gasteiger partial charge in [-0.15, -0.1) is 0 Å². The Balaban J connectivity index is 3.28. The van der Waals surface area contributed by atoms with Crippen LogP contribution in [0.3, 0.4) is 0 Å². The number of hydrogen-bond acceptors (Lipinski definition) is 2. The number of carbonyl (C=O) groups excluding carboxylic acids is 1. The molecule has 0 bridgehead atoms. The van der Waals surface area contributed by atoms with E-state index < -0.39 is 5.97 Å². The van der Waals surface area contributed by atoms with Crippen LogP contribution in [0.1, 0.15) is 124 Å². The maximum Gasteiger partial charge on any atom is 0.0445 e. The van der Waals surface area contributed by atoms with Gasteiger partial charge >= 0.3 is 0 Å². The van der Waals surface area contributed by atoms with Gasteiger partial charge in [0, 0.05) is 5.97 Å². The third kappa shape index (κ3) is 16.3. The summed E-state index contributed by atoms with van der Waals surface area (Å²) < 4.78 is 0. The van der Waals surface area contributed by atoms with Crippen LogP contribution < -0.4 is 5.11 Å². The Labute approximate surface area is 151 Å². The number of rotatable bonds is 18. The molecule has 0 aromatic carbocycles. The van der Waals surface area contributed by atoms with E-state index in [0.717, 1.165) is 19.3 Å². The maximum absolute atomic E-state index is 11.1. The minimum atomic E-state index is -0.849. The van der Waals surface area contributed by atoms with Crippen LogP contribution in [0.5, 0.6) is 0 Å². The largest absolute Gasteiger partial charge is 0.550 e. The molecule has 0 amide bonds. The van der Waals surface area contributed by atoms with Crippen molar-refractivity contribution < 1.29 is 9.90 Å². The van der Waals surface area contributed by atoms with Crippen LogP contribution in [0.2, 0.25) is 0 Å². The number of aliphatic carboxylic acids is 1. The predicted molar refractivity (Wildman–Crippen MR) is 103 cm³/mol. The molecule has 0 spiro atoms. The first kappa shape index (κ1) is 23.5. The fourth-order valence-corrected chi connectivity index (χ4v) is 3.49. The molecule has 0 rings (SSSR count). The zero-order valence-electron chi connectivity index (χ0n) is 16.8. The van der Waals surface area contributed by atoms with E-state index in [-0.39, 0.29) is 5.92 Å². The quantitative estimate of drug-likeness (QED) is 0.276. The molecule has 0 heterocycles. The maximum atomic E-state index is 11.1. The Kier molecular flexibility index (Phi) is 16.9. The van der Waals surface area contributed by atoms with Crippen molar-refractivity contribution in [3.63, 3.8) is 0 Å². The molecule has 1 atom stereocenters. The lowest BCUT2D eigenvalue weighted by Gasteiger charge is -2.19. The summed E-state index contributed by atoms with van der Waals surface area (Å²) in [5, 5.41) is 11.1. The molecule has 0 aliphatic rings. The van der Waals surface area contributed by atoms with Crippen molar-refractivity contribution in [2.75, 3.05) is 0 Å². The normalized spacial score (nSPS) is 12.7. The number of carboxylic acids is 1. The van der Waals surface area contributed by atoms with Crippen LogP contribution in [0, 0.1) is 11.8 Å². The van der Waals surface area contributed by atoms with Crippen LogP contribution >= 0.6 is 0 Å². The molecular formula is C22H43O2-. The SMILES string of the molecule is CCCCCCCCCCCCCCCCC(CC(C)C)C(=O)[O-]. The van der Waals surface area contributed by atoms with Gasteiger partial charge in [0.25, 0.3) is 0 Å². The van der Waals surface area contributed by atoms with E-state index >= 15 is 0 Å². The molecule has 144 valence electrons. The summed E-state index contributed by atoms with van der Waals surface area (Å²) in [6, 6.07) is 0. The average Bonchev–Trinajstić information content (AvgIpc) is 2.53. The van der Waals surface area contributed by atoms with E-state index in [1.54, 1.807) is 0 Å². The molecule has 2 nitrogen and oxygen atoms in total. The van der Waals surface area contributed by atoms with E-state index in [1.165, 1.54) is 83.5 Å². The Morgan fingerprint density at radius 1 is 0.708 bits per heavy atom. The molecule has 0 radical (unpaired) electrons. The summed E-state index contributed by atoms with van der Waals surface area (Å²) in [5.41, 5.74) is 0. The highest BCUT2D eigenvalue weighted by Gasteiger charge is 2.11. The Morgan fingerprint density at radius 3 is 1.42 bits per heavy atom. The highest BCUT2D eigenvalue weighted by atomic mass is 16.4. The van der Waals surface area contributed by atoms with Gasteiger partial charge in [0.1, 0.15) is 0 Å². The topological polar surface area (TPSA) is 40.1 Å². The Morgan fingerprint density at radius 2 is 1.08 bits per heavy atom. The van der Waals surface area contributed by atoms with Crippen molar-refractivity contribution in [1.29, 1.82) is 0 Å². The lowest BCUT2D eigenvalue weighted by atomic mass is 9.92. The molecular weight excluding hydrogens is 296 g/mol. The molecule has 0 aliphatic heterocycles. The first-order chi connectivity index (χ1) is 11.6. The van der Waals surface area contributed by atoms with Gasteiger partial charge in [-0.25, -0.2) is 0 Å². The zero-order chi connectivity index (χ0) is 18.0. The van der Waals surface area contributed by atoms with Gasteiger partial charge in [-0.05, 0) is 24.7 Å². The van der Waals surface area contributed by atoms with Crippen molar-refractivity contribution in [3.8, 4) is 0 Å². The van der Waals surface area contributed by atoms with Gasteiger partial charge in [-0.1, -0.05) is 111 Å². The number of carbonyl (C=O) groups is 1. The Hall–Kier alpha value is -0.530. The van der Waals surface area contributed by atoms with Gasteiger partial charge in [0.15, 0.2) is 0 Å². The second-order valence-corrected chi connectivity index (χ2v) is 8.03. The van der Waals surface area contributed by atoms with E-state index in [0.29, 0.717) is 5.92 Å². The minimum Gasteiger partial charge on any atom is -0.550 e. The molecule has 0 N–H and O–H groups in total. The highest BCUT2D eigenvalue weighted by molar-refractivity contribution is 5.67. The molecule has 24 heavy (non-hydrogen) atoms. The van der Waals surface area contributed by atoms with E-state index in [2.05, 4.69) is 20.8 Å². The van der Waals surface area contributed by atoms with Gasteiger partial charge in [0.05, 0.1) is 0 Å². The lowest BCUT2D eigenvalue weighted by molar-refractivity contribution is -0.312. The van der Waals surface area contributed by atoms with Crippen LogP contribution in [0.25, 0.3) is 0 Å². The van der Waals surface area contributed by atoms with Crippen LogP contribution in [-0.2, 0) is 4.79 Å². The monoisotopic (exact) mass is 339 g/mol. The summed E-state index contributed by atoms with van der Waals surface area (Å²) in [4.78, 5) is 11.1. The molecule has 0 fully saturated rings. The van der Waals surface area contributed by atoms with Gasteiger partial charge in [0.2, 0.25) is 0 Å². The average molecular weight is 340 g/mol. The van der Waals surface area contributed by atoms with Gasteiger partial charge in [-0.2, -0.15) is 0 Å². The first-order valence-electron chi connectivity index (χ1n) is 10.8. The smallest absolute Gasteiger partial charge is 0.0445 e. The zero-order valence-corrected chi connectivity index (χ0v) is 16.8. The third-order valence-electron chi connectivity index (χ3n) is 5.00. The highest BCUT2D eigenvalue weighted by Crippen LogP contribution is 2.19. The van der Waals surface area contributed by atoms with Crippen molar-refractivity contribution in [2.45, 2.75) is 124 Å². The summed E-state index contributed by atoms with van der Waals surface area (Å²) in [6.07, 6.45) is 20.4. The molecule has 0 aromatic rings. The third-order valence-corrected chi connectivity index (χ3v) is 5.00. The first-order valence-corrected chi connectivity index (χ1v) is 10.8. The standard InChI is InChI=1S/C22H44O2/c1-4-5-6-7-8-9-10-11-12-13-14-15-16-17-18-21(22(23)24)19-20(2)3/h20-21H,4-19H2,1-3H3,(H,23,24)/p-1. The van der Waals surface area contributed by atoms with Crippen molar-refractivity contribution in [3.05, 3.63) is 0 Å².